The molecule has 1 unspecified atom stereocenters. The lowest BCUT2D eigenvalue weighted by atomic mass is 10.1. The van der Waals surface area contributed by atoms with Crippen molar-refractivity contribution in [3.05, 3.63) is 11.8 Å². The molecule has 1 fully saturated rings. The molecule has 0 radical (unpaired) electrons. The minimum absolute atomic E-state index is 0.558. The van der Waals surface area contributed by atoms with Crippen molar-refractivity contribution in [3.63, 3.8) is 0 Å². The van der Waals surface area contributed by atoms with E-state index in [0.29, 0.717) is 6.10 Å². The van der Waals surface area contributed by atoms with Gasteiger partial charge in [-0.3, -0.25) is 0 Å². The minimum atomic E-state index is -1.08. The van der Waals surface area contributed by atoms with Crippen molar-refractivity contribution in [2.45, 2.75) is 63.8 Å². The van der Waals surface area contributed by atoms with Gasteiger partial charge in [0.2, 0.25) is 0 Å². The molecule has 0 aromatic carbocycles. The molecule has 94 valence electrons. The monoisotopic (exact) mass is 256 g/mol. The maximum atomic E-state index is 5.59. The summed E-state index contributed by atoms with van der Waals surface area (Å²) in [4.78, 5) is 0. The van der Waals surface area contributed by atoms with Gasteiger partial charge in [-0.15, -0.1) is 0 Å². The molecular formula is C13H28OSi2. The standard InChI is InChI=1S/C13H28OSi2/c1-15(2,3)10-8-13(16(4,5)6)11-12-7-9-14-12/h8,10,12-13H,7,9,11H2,1-6H3/b10-8+/t12-,13?/m0/s1. The molecule has 0 saturated carbocycles. The largest absolute Gasteiger partial charge is 0.378 e. The van der Waals surface area contributed by atoms with Gasteiger partial charge in [0, 0.05) is 6.61 Å². The summed E-state index contributed by atoms with van der Waals surface area (Å²) in [5.41, 5.74) is 3.32. The van der Waals surface area contributed by atoms with Crippen LogP contribution in [0.5, 0.6) is 0 Å². The second-order valence-electron chi connectivity index (χ2n) is 7.21. The molecule has 1 heterocycles. The first-order valence-electron chi connectivity index (χ1n) is 6.49. The quantitative estimate of drug-likeness (QED) is 0.666. The molecule has 0 spiro atoms. The molecule has 2 atom stereocenters. The number of allylic oxidation sites excluding steroid dienone is 1. The van der Waals surface area contributed by atoms with Gasteiger partial charge in [0.15, 0.2) is 0 Å². The van der Waals surface area contributed by atoms with Crippen molar-refractivity contribution >= 4 is 16.1 Å². The average Bonchev–Trinajstić information content (AvgIpc) is 1.95. The zero-order chi connectivity index (χ0) is 12.4. The van der Waals surface area contributed by atoms with Crippen LogP contribution in [-0.4, -0.2) is 28.9 Å². The van der Waals surface area contributed by atoms with Crippen LogP contribution in [0.3, 0.4) is 0 Å². The van der Waals surface area contributed by atoms with Crippen LogP contribution < -0.4 is 0 Å². The fraction of sp³-hybridized carbons (Fsp3) is 0.846. The molecular weight excluding hydrogens is 228 g/mol. The molecule has 1 rings (SSSR count). The molecule has 0 N–H and O–H groups in total. The number of hydrogen-bond acceptors (Lipinski definition) is 1. The predicted molar refractivity (Wildman–Crippen MR) is 78.6 cm³/mol. The van der Waals surface area contributed by atoms with Crippen LogP contribution in [0.4, 0.5) is 0 Å². The second kappa shape index (κ2) is 5.19. The van der Waals surface area contributed by atoms with Crippen LogP contribution in [0.25, 0.3) is 0 Å². The Bertz CT molecular complexity index is 244. The summed E-state index contributed by atoms with van der Waals surface area (Å²) in [7, 11) is -2.12. The predicted octanol–water partition coefficient (Wildman–Crippen LogP) is 4.31. The molecule has 0 aromatic rings. The summed E-state index contributed by atoms with van der Waals surface area (Å²) in [6.07, 6.45) is 5.63. The van der Waals surface area contributed by atoms with E-state index in [1.807, 2.05) is 0 Å². The first kappa shape index (κ1) is 14.2. The average molecular weight is 257 g/mol. The number of hydrogen-bond donors (Lipinski definition) is 0. The Hall–Kier alpha value is 0.134. The summed E-state index contributed by atoms with van der Waals surface area (Å²) >= 11 is 0. The van der Waals surface area contributed by atoms with Crippen molar-refractivity contribution < 1.29 is 4.74 Å². The van der Waals surface area contributed by atoms with Gasteiger partial charge in [-0.05, 0) is 18.4 Å². The molecule has 3 heteroatoms. The Balaban J connectivity index is 2.60. The Morgan fingerprint density at radius 1 is 1.19 bits per heavy atom. The van der Waals surface area contributed by atoms with Gasteiger partial charge >= 0.3 is 0 Å². The molecule has 0 bridgehead atoms. The van der Waals surface area contributed by atoms with E-state index in [-0.39, 0.29) is 0 Å². The van der Waals surface area contributed by atoms with E-state index in [9.17, 15) is 0 Å². The highest BCUT2D eigenvalue weighted by Crippen LogP contribution is 2.33. The third-order valence-electron chi connectivity index (χ3n) is 3.25. The maximum absolute atomic E-state index is 5.59. The second-order valence-corrected chi connectivity index (χ2v) is 17.8. The molecule has 1 aliphatic rings. The van der Waals surface area contributed by atoms with Gasteiger partial charge in [0.25, 0.3) is 0 Å². The fourth-order valence-electron chi connectivity index (χ4n) is 1.88. The molecule has 1 aliphatic heterocycles. The van der Waals surface area contributed by atoms with Gasteiger partial charge in [-0.25, -0.2) is 0 Å². The Morgan fingerprint density at radius 3 is 2.06 bits per heavy atom. The van der Waals surface area contributed by atoms with Gasteiger partial charge in [-0.1, -0.05) is 51.1 Å². The first-order valence-corrected chi connectivity index (χ1v) is 13.6. The third-order valence-corrected chi connectivity index (χ3v) is 7.10. The normalized spacial score (nSPS) is 24.5. The van der Waals surface area contributed by atoms with Crippen LogP contribution in [0.15, 0.2) is 11.8 Å². The molecule has 1 nitrogen and oxygen atoms in total. The lowest BCUT2D eigenvalue weighted by Gasteiger charge is -2.34. The lowest BCUT2D eigenvalue weighted by molar-refractivity contribution is -0.0539. The molecule has 1 saturated heterocycles. The molecule has 16 heavy (non-hydrogen) atoms. The SMILES string of the molecule is C[Si](C)(C)/C=C/C(C[C@@H]1CCO1)[Si](C)(C)C. The van der Waals surface area contributed by atoms with Crippen molar-refractivity contribution in [2.75, 3.05) is 6.61 Å². The highest BCUT2D eigenvalue weighted by atomic mass is 28.3. The Labute approximate surface area is 103 Å². The van der Waals surface area contributed by atoms with Crippen molar-refractivity contribution in [2.24, 2.45) is 0 Å². The highest BCUT2D eigenvalue weighted by Gasteiger charge is 2.30. The van der Waals surface area contributed by atoms with E-state index in [2.05, 4.69) is 51.1 Å². The van der Waals surface area contributed by atoms with E-state index in [1.165, 1.54) is 12.8 Å². The lowest BCUT2D eigenvalue weighted by Crippen LogP contribution is -2.35. The van der Waals surface area contributed by atoms with E-state index in [4.69, 9.17) is 4.74 Å². The van der Waals surface area contributed by atoms with Crippen LogP contribution in [0.1, 0.15) is 12.8 Å². The van der Waals surface area contributed by atoms with E-state index < -0.39 is 16.1 Å². The summed E-state index contributed by atoms with van der Waals surface area (Å²) < 4.78 is 5.59. The Morgan fingerprint density at radius 2 is 1.75 bits per heavy atom. The first-order chi connectivity index (χ1) is 7.18. The van der Waals surface area contributed by atoms with Crippen molar-refractivity contribution in [1.82, 2.24) is 0 Å². The van der Waals surface area contributed by atoms with Crippen LogP contribution in [0, 0.1) is 0 Å². The topological polar surface area (TPSA) is 9.23 Å². The highest BCUT2D eigenvalue weighted by molar-refractivity contribution is 6.81. The van der Waals surface area contributed by atoms with Crippen molar-refractivity contribution in [3.8, 4) is 0 Å². The zero-order valence-corrected chi connectivity index (χ0v) is 13.8. The summed E-state index contributed by atoms with van der Waals surface area (Å²) in [5, 5.41) is 0. The van der Waals surface area contributed by atoms with Gasteiger partial charge in [-0.2, -0.15) is 0 Å². The molecule has 0 aromatic heterocycles. The maximum Gasteiger partial charge on any atom is 0.0682 e. The zero-order valence-electron chi connectivity index (χ0n) is 11.8. The van der Waals surface area contributed by atoms with Crippen LogP contribution in [0.2, 0.25) is 44.8 Å². The number of rotatable bonds is 5. The van der Waals surface area contributed by atoms with Gasteiger partial charge in [0.05, 0.1) is 22.3 Å². The van der Waals surface area contributed by atoms with Gasteiger partial charge in [0.1, 0.15) is 0 Å². The third kappa shape index (κ3) is 4.98. The smallest absolute Gasteiger partial charge is 0.0682 e. The summed E-state index contributed by atoms with van der Waals surface area (Å²) in [5.74, 6) is 0. The van der Waals surface area contributed by atoms with E-state index in [0.717, 1.165) is 12.1 Å². The van der Waals surface area contributed by atoms with Crippen molar-refractivity contribution in [1.29, 1.82) is 0 Å². The van der Waals surface area contributed by atoms with Gasteiger partial charge < -0.3 is 4.74 Å². The van der Waals surface area contributed by atoms with E-state index in [1.54, 1.807) is 0 Å². The summed E-state index contributed by atoms with van der Waals surface area (Å²) in [6.45, 7) is 15.6. The minimum Gasteiger partial charge on any atom is -0.378 e. The fourth-order valence-corrected chi connectivity index (χ4v) is 4.52. The molecule has 0 amide bonds. The molecule has 0 aliphatic carbocycles. The van der Waals surface area contributed by atoms with E-state index >= 15 is 0 Å². The van der Waals surface area contributed by atoms with Crippen LogP contribution in [-0.2, 0) is 4.74 Å². The summed E-state index contributed by atoms with van der Waals surface area (Å²) in [6, 6.07) is 0. The Kier molecular flexibility index (Phi) is 4.61. The van der Waals surface area contributed by atoms with Crippen LogP contribution >= 0.6 is 0 Å². The number of ether oxygens (including phenoxy) is 1.